The third-order valence-electron chi connectivity index (χ3n) is 3.37. The first-order valence-electron chi connectivity index (χ1n) is 6.76. The van der Waals surface area contributed by atoms with E-state index in [0.717, 1.165) is 11.1 Å². The molecule has 2 aromatic heterocycles. The number of hydrogen-bond donors (Lipinski definition) is 1. The van der Waals surface area contributed by atoms with Crippen molar-refractivity contribution >= 4 is 11.5 Å². The van der Waals surface area contributed by atoms with Crippen LogP contribution >= 0.6 is 0 Å². The van der Waals surface area contributed by atoms with Crippen molar-refractivity contribution in [1.29, 1.82) is 0 Å². The Kier molecular flexibility index (Phi) is 4.21. The topological polar surface area (TPSA) is 85.9 Å². The molecule has 0 saturated carbocycles. The van der Waals surface area contributed by atoms with E-state index in [9.17, 15) is 10.1 Å². The molecule has 0 unspecified atom stereocenters. The molecule has 0 bridgehead atoms. The first-order chi connectivity index (χ1) is 9.91. The summed E-state index contributed by atoms with van der Waals surface area (Å²) >= 11 is 0. The van der Waals surface area contributed by atoms with Crippen LogP contribution in [0.1, 0.15) is 36.6 Å². The van der Waals surface area contributed by atoms with Gasteiger partial charge in [-0.2, -0.15) is 5.10 Å². The second kappa shape index (κ2) is 5.90. The van der Waals surface area contributed by atoms with E-state index >= 15 is 0 Å². The fraction of sp³-hybridized carbons (Fsp3) is 0.429. The third-order valence-corrected chi connectivity index (χ3v) is 3.37. The normalized spacial score (nSPS) is 10.9. The predicted octanol–water partition coefficient (Wildman–Crippen LogP) is 2.77. The van der Waals surface area contributed by atoms with Crippen LogP contribution in [-0.4, -0.2) is 19.7 Å². The first-order valence-corrected chi connectivity index (χ1v) is 6.76. The van der Waals surface area contributed by atoms with E-state index in [1.165, 1.54) is 4.68 Å². The van der Waals surface area contributed by atoms with E-state index in [0.29, 0.717) is 18.1 Å². The minimum absolute atomic E-state index is 0.00715. The van der Waals surface area contributed by atoms with Crippen molar-refractivity contribution < 1.29 is 4.92 Å². The lowest BCUT2D eigenvalue weighted by Gasteiger charge is -2.08. The van der Waals surface area contributed by atoms with Crippen LogP contribution in [0.3, 0.4) is 0 Å². The number of nitrogens with zero attached hydrogens (tertiary/aromatic N) is 4. The summed E-state index contributed by atoms with van der Waals surface area (Å²) in [7, 11) is 1.71. The molecule has 0 aromatic carbocycles. The molecule has 7 nitrogen and oxygen atoms in total. The van der Waals surface area contributed by atoms with Crippen molar-refractivity contribution in [2.24, 2.45) is 7.05 Å². The van der Waals surface area contributed by atoms with E-state index in [4.69, 9.17) is 0 Å². The van der Waals surface area contributed by atoms with Crippen LogP contribution in [0.2, 0.25) is 0 Å². The lowest BCUT2D eigenvalue weighted by molar-refractivity contribution is -0.384. The maximum absolute atomic E-state index is 11.3. The van der Waals surface area contributed by atoms with Gasteiger partial charge in [0, 0.05) is 31.9 Å². The molecule has 0 amide bonds. The number of aryl methyl sites for hydroxylation is 2. The van der Waals surface area contributed by atoms with Gasteiger partial charge in [-0.15, -0.1) is 0 Å². The molecule has 7 heteroatoms. The van der Waals surface area contributed by atoms with Crippen molar-refractivity contribution in [3.63, 3.8) is 0 Å². The fourth-order valence-electron chi connectivity index (χ4n) is 2.16. The first kappa shape index (κ1) is 15.0. The number of pyridine rings is 1. The van der Waals surface area contributed by atoms with Crippen LogP contribution in [-0.2, 0) is 13.6 Å². The Hall–Kier alpha value is -2.44. The van der Waals surface area contributed by atoms with Gasteiger partial charge in [0.05, 0.1) is 4.92 Å². The lowest BCUT2D eigenvalue weighted by atomic mass is 10.1. The molecule has 0 atom stereocenters. The minimum atomic E-state index is -0.374. The van der Waals surface area contributed by atoms with E-state index in [1.807, 2.05) is 26.8 Å². The largest absolute Gasteiger partial charge is 0.360 e. The number of nitrogens with one attached hydrogen (secondary N) is 1. The molecule has 2 rings (SSSR count). The summed E-state index contributed by atoms with van der Waals surface area (Å²) in [5.74, 6) is 0.416. The van der Waals surface area contributed by atoms with Gasteiger partial charge in [0.15, 0.2) is 0 Å². The molecular weight excluding hydrogens is 270 g/mol. The van der Waals surface area contributed by atoms with E-state index < -0.39 is 0 Å². The maximum atomic E-state index is 11.3. The summed E-state index contributed by atoms with van der Waals surface area (Å²) in [5.41, 5.74) is 2.63. The quantitative estimate of drug-likeness (QED) is 0.675. The second-order valence-corrected chi connectivity index (χ2v) is 5.27. The van der Waals surface area contributed by atoms with Crippen molar-refractivity contribution in [3.05, 3.63) is 45.4 Å². The Bertz CT molecular complexity index is 663. The average molecular weight is 289 g/mol. The van der Waals surface area contributed by atoms with Gasteiger partial charge >= 0.3 is 5.69 Å². The van der Waals surface area contributed by atoms with Crippen LogP contribution in [0.25, 0.3) is 0 Å². The summed E-state index contributed by atoms with van der Waals surface area (Å²) in [4.78, 5) is 15.0. The van der Waals surface area contributed by atoms with Gasteiger partial charge in [-0.3, -0.25) is 15.1 Å². The highest BCUT2D eigenvalue weighted by Crippen LogP contribution is 2.33. The molecular formula is C14H19N5O2. The number of nitro groups is 1. The Morgan fingerprint density at radius 3 is 2.76 bits per heavy atom. The molecule has 2 heterocycles. The monoisotopic (exact) mass is 289 g/mol. The number of aromatic nitrogens is 3. The standard InChI is InChI=1S/C14H19N5O2/c1-9(2)12-13(19(20)21)14(18(4)17-12)16-8-11-7-15-6-5-10(11)3/h5-7,9,16H,8H2,1-4H3. The Morgan fingerprint density at radius 2 is 2.19 bits per heavy atom. The minimum Gasteiger partial charge on any atom is -0.360 e. The zero-order valence-electron chi connectivity index (χ0n) is 12.6. The summed E-state index contributed by atoms with van der Waals surface area (Å²) in [5, 5.41) is 18.7. The highest BCUT2D eigenvalue weighted by Gasteiger charge is 2.28. The van der Waals surface area contributed by atoms with Crippen LogP contribution in [0, 0.1) is 17.0 Å². The Labute approximate surface area is 123 Å². The smallest absolute Gasteiger partial charge is 0.334 e. The molecule has 0 spiro atoms. The zero-order valence-corrected chi connectivity index (χ0v) is 12.6. The lowest BCUT2D eigenvalue weighted by Crippen LogP contribution is -2.07. The highest BCUT2D eigenvalue weighted by atomic mass is 16.6. The van der Waals surface area contributed by atoms with Crippen LogP contribution in [0.5, 0.6) is 0 Å². The molecule has 0 aliphatic heterocycles. The van der Waals surface area contributed by atoms with Gasteiger partial charge in [-0.1, -0.05) is 13.8 Å². The van der Waals surface area contributed by atoms with Crippen LogP contribution < -0.4 is 5.32 Å². The number of anilines is 1. The van der Waals surface area contributed by atoms with Gasteiger partial charge in [-0.05, 0) is 24.1 Å². The fourth-order valence-corrected chi connectivity index (χ4v) is 2.16. The molecule has 0 radical (unpaired) electrons. The van der Waals surface area contributed by atoms with E-state index in [1.54, 1.807) is 19.4 Å². The van der Waals surface area contributed by atoms with Gasteiger partial charge < -0.3 is 5.32 Å². The summed E-state index contributed by atoms with van der Waals surface area (Å²) < 4.78 is 1.53. The number of hydrogen-bond acceptors (Lipinski definition) is 5. The van der Waals surface area contributed by atoms with Crippen molar-refractivity contribution in [3.8, 4) is 0 Å². The second-order valence-electron chi connectivity index (χ2n) is 5.27. The van der Waals surface area contributed by atoms with E-state index in [-0.39, 0.29) is 16.5 Å². The highest BCUT2D eigenvalue weighted by molar-refractivity contribution is 5.60. The SMILES string of the molecule is Cc1ccncc1CNc1c([N+](=O)[O-])c(C(C)C)nn1C. The molecule has 2 aromatic rings. The van der Waals surface area contributed by atoms with Gasteiger partial charge in [0.25, 0.3) is 0 Å². The molecule has 1 N–H and O–H groups in total. The van der Waals surface area contributed by atoms with Crippen molar-refractivity contribution in [2.45, 2.75) is 33.2 Å². The third kappa shape index (κ3) is 3.01. The Morgan fingerprint density at radius 1 is 1.48 bits per heavy atom. The molecule has 0 saturated heterocycles. The van der Waals surface area contributed by atoms with Gasteiger partial charge in [0.2, 0.25) is 5.82 Å². The zero-order chi connectivity index (χ0) is 15.6. The van der Waals surface area contributed by atoms with E-state index in [2.05, 4.69) is 15.4 Å². The molecule has 0 aliphatic carbocycles. The van der Waals surface area contributed by atoms with Crippen LogP contribution in [0.4, 0.5) is 11.5 Å². The molecule has 0 aliphatic rings. The average Bonchev–Trinajstić information content (AvgIpc) is 2.75. The molecule has 0 fully saturated rings. The summed E-state index contributed by atoms with van der Waals surface area (Å²) in [6.07, 6.45) is 3.48. The van der Waals surface area contributed by atoms with Crippen molar-refractivity contribution in [1.82, 2.24) is 14.8 Å². The maximum Gasteiger partial charge on any atom is 0.334 e. The summed E-state index contributed by atoms with van der Waals surface area (Å²) in [6, 6.07) is 1.91. The van der Waals surface area contributed by atoms with Gasteiger partial charge in [0.1, 0.15) is 5.69 Å². The molecule has 21 heavy (non-hydrogen) atoms. The molecule has 112 valence electrons. The van der Waals surface area contributed by atoms with Crippen LogP contribution in [0.15, 0.2) is 18.5 Å². The Balaban J connectivity index is 2.32. The predicted molar refractivity (Wildman–Crippen MR) is 80.3 cm³/mol. The number of rotatable bonds is 5. The van der Waals surface area contributed by atoms with Gasteiger partial charge in [-0.25, -0.2) is 4.68 Å². The summed E-state index contributed by atoms with van der Waals surface area (Å²) in [6.45, 7) is 6.24. The van der Waals surface area contributed by atoms with Crippen molar-refractivity contribution in [2.75, 3.05) is 5.32 Å².